The van der Waals surface area contributed by atoms with Crippen LogP contribution in [-0.4, -0.2) is 16.5 Å². The van der Waals surface area contributed by atoms with Crippen LogP contribution in [0.3, 0.4) is 0 Å². The number of nitrogens with zero attached hydrogens (tertiary/aromatic N) is 1. The van der Waals surface area contributed by atoms with Crippen LogP contribution < -0.4 is 10.9 Å². The molecule has 0 aliphatic carbocycles. The van der Waals surface area contributed by atoms with Crippen molar-refractivity contribution in [1.82, 2.24) is 9.88 Å². The monoisotopic (exact) mass is 276 g/mol. The van der Waals surface area contributed by atoms with E-state index in [1.54, 1.807) is 0 Å². The second-order valence-corrected chi connectivity index (χ2v) is 4.82. The predicted molar refractivity (Wildman–Crippen MR) is 68.6 cm³/mol. The predicted octanol–water partition coefficient (Wildman–Crippen LogP) is 2.07. The van der Waals surface area contributed by atoms with Gasteiger partial charge in [0.05, 0.1) is 5.02 Å². The van der Waals surface area contributed by atoms with Gasteiger partial charge in [-0.05, 0) is 19.9 Å². The van der Waals surface area contributed by atoms with Gasteiger partial charge < -0.3 is 9.88 Å². The zero-order valence-electron chi connectivity index (χ0n) is 9.67. The molecular formula is C11H14Cl2N2O2. The van der Waals surface area contributed by atoms with Gasteiger partial charge in [-0.1, -0.05) is 23.2 Å². The summed E-state index contributed by atoms with van der Waals surface area (Å²) in [7, 11) is 0. The largest absolute Gasteiger partial charge is 0.354 e. The van der Waals surface area contributed by atoms with Crippen LogP contribution in [0.15, 0.2) is 17.1 Å². The van der Waals surface area contributed by atoms with Crippen LogP contribution in [0.1, 0.15) is 20.3 Å². The van der Waals surface area contributed by atoms with E-state index in [0.29, 0.717) is 5.02 Å². The molecule has 1 N–H and O–H groups in total. The smallest absolute Gasteiger partial charge is 0.269 e. The summed E-state index contributed by atoms with van der Waals surface area (Å²) in [6, 6.07) is 1.47. The molecule has 0 spiro atoms. The topological polar surface area (TPSA) is 51.1 Å². The number of carbonyl (C=O) groups is 1. The third kappa shape index (κ3) is 4.40. The van der Waals surface area contributed by atoms with Crippen molar-refractivity contribution >= 4 is 29.1 Å². The van der Waals surface area contributed by atoms with E-state index in [0.717, 1.165) is 0 Å². The Morgan fingerprint density at radius 3 is 2.71 bits per heavy atom. The van der Waals surface area contributed by atoms with E-state index in [4.69, 9.17) is 23.2 Å². The fraction of sp³-hybridized carbons (Fsp3) is 0.455. The summed E-state index contributed by atoms with van der Waals surface area (Å²) >= 11 is 11.5. The summed E-state index contributed by atoms with van der Waals surface area (Å²) in [5.41, 5.74) is -0.339. The van der Waals surface area contributed by atoms with Crippen LogP contribution in [0, 0.1) is 0 Å². The number of rotatable bonds is 4. The first-order valence-electron chi connectivity index (χ1n) is 5.25. The Kier molecular flexibility index (Phi) is 5.02. The molecule has 0 aliphatic heterocycles. The number of aromatic nitrogens is 1. The molecule has 0 aliphatic rings. The van der Waals surface area contributed by atoms with E-state index in [9.17, 15) is 9.59 Å². The lowest BCUT2D eigenvalue weighted by Crippen LogP contribution is -2.32. The van der Waals surface area contributed by atoms with Gasteiger partial charge in [0.15, 0.2) is 0 Å². The SMILES string of the molecule is CC(C)NC(=O)CCn1cc(Cl)cc(Cl)c1=O. The second-order valence-electron chi connectivity index (χ2n) is 3.98. The standard InChI is InChI=1S/C11H14Cl2N2O2/c1-7(2)14-10(16)3-4-15-6-8(12)5-9(13)11(15)17/h5-7H,3-4H2,1-2H3,(H,14,16). The maximum absolute atomic E-state index is 11.6. The number of carbonyl (C=O) groups excluding carboxylic acids is 1. The molecule has 0 atom stereocenters. The van der Waals surface area contributed by atoms with Gasteiger partial charge >= 0.3 is 0 Å². The molecule has 0 aromatic carbocycles. The number of aryl methyl sites for hydroxylation is 1. The fourth-order valence-corrected chi connectivity index (χ4v) is 1.86. The van der Waals surface area contributed by atoms with E-state index < -0.39 is 0 Å². The fourth-order valence-electron chi connectivity index (χ4n) is 1.35. The van der Waals surface area contributed by atoms with Crippen molar-refractivity contribution < 1.29 is 4.79 Å². The Labute approximate surface area is 110 Å². The Bertz CT molecular complexity index is 469. The first kappa shape index (κ1) is 14.1. The van der Waals surface area contributed by atoms with Crippen LogP contribution in [0.2, 0.25) is 10.0 Å². The number of amides is 1. The molecule has 0 unspecified atom stereocenters. The molecule has 0 radical (unpaired) electrons. The minimum Gasteiger partial charge on any atom is -0.354 e. The summed E-state index contributed by atoms with van der Waals surface area (Å²) in [6.45, 7) is 4.01. The van der Waals surface area contributed by atoms with E-state index >= 15 is 0 Å². The van der Waals surface area contributed by atoms with Gasteiger partial charge in [0.2, 0.25) is 5.91 Å². The van der Waals surface area contributed by atoms with E-state index in [-0.39, 0.29) is 35.5 Å². The molecule has 1 amide bonds. The van der Waals surface area contributed by atoms with Gasteiger partial charge in [0.1, 0.15) is 5.02 Å². The molecule has 6 heteroatoms. The molecule has 17 heavy (non-hydrogen) atoms. The maximum Gasteiger partial charge on any atom is 0.269 e. The lowest BCUT2D eigenvalue weighted by atomic mass is 10.3. The average molecular weight is 277 g/mol. The van der Waals surface area contributed by atoms with Crippen molar-refractivity contribution in [2.75, 3.05) is 0 Å². The van der Waals surface area contributed by atoms with Crippen molar-refractivity contribution in [2.24, 2.45) is 0 Å². The van der Waals surface area contributed by atoms with Crippen molar-refractivity contribution in [2.45, 2.75) is 32.9 Å². The molecule has 0 bridgehead atoms. The minimum absolute atomic E-state index is 0.0572. The lowest BCUT2D eigenvalue weighted by Gasteiger charge is -2.09. The van der Waals surface area contributed by atoms with Crippen LogP contribution in [-0.2, 0) is 11.3 Å². The summed E-state index contributed by atoms with van der Waals surface area (Å²) in [6.07, 6.45) is 1.69. The van der Waals surface area contributed by atoms with Crippen LogP contribution in [0.5, 0.6) is 0 Å². The van der Waals surface area contributed by atoms with E-state index in [2.05, 4.69) is 5.32 Å². The van der Waals surface area contributed by atoms with Gasteiger partial charge in [-0.15, -0.1) is 0 Å². The zero-order chi connectivity index (χ0) is 13.0. The number of halogens is 2. The normalized spacial score (nSPS) is 10.6. The Morgan fingerprint density at radius 2 is 2.12 bits per heavy atom. The van der Waals surface area contributed by atoms with Gasteiger partial charge in [-0.3, -0.25) is 9.59 Å². The van der Waals surface area contributed by atoms with Gasteiger partial charge in [0.25, 0.3) is 5.56 Å². The first-order chi connectivity index (χ1) is 7.90. The molecule has 0 fully saturated rings. The van der Waals surface area contributed by atoms with Crippen LogP contribution in [0.25, 0.3) is 0 Å². The summed E-state index contributed by atoms with van der Waals surface area (Å²) < 4.78 is 1.34. The molecular weight excluding hydrogens is 263 g/mol. The molecule has 1 rings (SSSR count). The third-order valence-electron chi connectivity index (χ3n) is 2.04. The minimum atomic E-state index is -0.339. The van der Waals surface area contributed by atoms with E-state index in [1.165, 1.54) is 16.8 Å². The van der Waals surface area contributed by atoms with Crippen LogP contribution >= 0.6 is 23.2 Å². The summed E-state index contributed by atoms with van der Waals surface area (Å²) in [4.78, 5) is 23.0. The quantitative estimate of drug-likeness (QED) is 0.916. The number of nitrogens with one attached hydrogen (secondary N) is 1. The Hall–Kier alpha value is -1.00. The first-order valence-corrected chi connectivity index (χ1v) is 6.00. The van der Waals surface area contributed by atoms with Gasteiger partial charge in [-0.2, -0.15) is 0 Å². The van der Waals surface area contributed by atoms with E-state index in [1.807, 2.05) is 13.8 Å². The molecule has 1 aromatic rings. The highest BCUT2D eigenvalue weighted by atomic mass is 35.5. The highest BCUT2D eigenvalue weighted by Gasteiger charge is 2.07. The lowest BCUT2D eigenvalue weighted by molar-refractivity contribution is -0.121. The van der Waals surface area contributed by atoms with Crippen molar-refractivity contribution in [3.05, 3.63) is 32.7 Å². The van der Waals surface area contributed by atoms with Crippen molar-refractivity contribution in [3.63, 3.8) is 0 Å². The van der Waals surface area contributed by atoms with Gasteiger partial charge in [-0.25, -0.2) is 0 Å². The third-order valence-corrected chi connectivity index (χ3v) is 2.52. The number of hydrogen-bond donors (Lipinski definition) is 1. The average Bonchev–Trinajstić information content (AvgIpc) is 2.20. The maximum atomic E-state index is 11.6. The van der Waals surface area contributed by atoms with Crippen molar-refractivity contribution in [1.29, 1.82) is 0 Å². The molecule has 1 aromatic heterocycles. The molecule has 0 saturated heterocycles. The number of hydrogen-bond acceptors (Lipinski definition) is 2. The highest BCUT2D eigenvalue weighted by molar-refractivity contribution is 6.34. The summed E-state index contributed by atoms with van der Waals surface area (Å²) in [5.74, 6) is -0.108. The van der Waals surface area contributed by atoms with Gasteiger partial charge in [0, 0.05) is 25.2 Å². The molecule has 1 heterocycles. The summed E-state index contributed by atoms with van der Waals surface area (Å²) in [5, 5.41) is 3.17. The molecule has 4 nitrogen and oxygen atoms in total. The Balaban J connectivity index is 2.70. The number of pyridine rings is 1. The van der Waals surface area contributed by atoms with Crippen molar-refractivity contribution in [3.8, 4) is 0 Å². The second kappa shape index (κ2) is 6.07. The molecule has 0 saturated carbocycles. The highest BCUT2D eigenvalue weighted by Crippen LogP contribution is 2.11. The zero-order valence-corrected chi connectivity index (χ0v) is 11.2. The Morgan fingerprint density at radius 1 is 1.47 bits per heavy atom. The molecule has 94 valence electrons. The van der Waals surface area contributed by atoms with Crippen LogP contribution in [0.4, 0.5) is 0 Å².